The lowest BCUT2D eigenvalue weighted by atomic mass is 10.00. The SMILES string of the molecule is CCN(CC)S(=O)(=O)c1cc(N)ccc1N1CCCC(C)C1. The number of sulfonamides is 1. The van der Waals surface area contributed by atoms with E-state index >= 15 is 0 Å². The summed E-state index contributed by atoms with van der Waals surface area (Å²) in [6.45, 7) is 8.64. The Morgan fingerprint density at radius 3 is 2.59 bits per heavy atom. The van der Waals surface area contributed by atoms with Gasteiger partial charge in [-0.05, 0) is 37.0 Å². The second-order valence-corrected chi connectivity index (χ2v) is 7.92. The fourth-order valence-electron chi connectivity index (χ4n) is 3.11. The predicted molar refractivity (Wildman–Crippen MR) is 91.6 cm³/mol. The van der Waals surface area contributed by atoms with Gasteiger partial charge in [0.2, 0.25) is 10.0 Å². The maximum absolute atomic E-state index is 12.9. The third-order valence-electron chi connectivity index (χ3n) is 4.30. The van der Waals surface area contributed by atoms with Crippen molar-refractivity contribution < 1.29 is 8.42 Å². The molecule has 5 nitrogen and oxygen atoms in total. The molecule has 1 aliphatic heterocycles. The molecule has 0 radical (unpaired) electrons. The number of anilines is 2. The van der Waals surface area contributed by atoms with Gasteiger partial charge in [-0.2, -0.15) is 4.31 Å². The zero-order valence-corrected chi connectivity index (χ0v) is 14.6. The van der Waals surface area contributed by atoms with E-state index < -0.39 is 10.0 Å². The van der Waals surface area contributed by atoms with Crippen LogP contribution < -0.4 is 10.6 Å². The van der Waals surface area contributed by atoms with E-state index in [1.54, 1.807) is 12.1 Å². The van der Waals surface area contributed by atoms with Gasteiger partial charge in [0.25, 0.3) is 0 Å². The van der Waals surface area contributed by atoms with Crippen LogP contribution in [0.2, 0.25) is 0 Å². The zero-order valence-electron chi connectivity index (χ0n) is 13.7. The van der Waals surface area contributed by atoms with Gasteiger partial charge < -0.3 is 10.6 Å². The summed E-state index contributed by atoms with van der Waals surface area (Å²) in [5.41, 5.74) is 7.13. The molecule has 1 unspecified atom stereocenters. The van der Waals surface area contributed by atoms with E-state index in [4.69, 9.17) is 5.73 Å². The number of hydrogen-bond donors (Lipinski definition) is 1. The van der Waals surface area contributed by atoms with E-state index in [0.29, 0.717) is 29.6 Å². The quantitative estimate of drug-likeness (QED) is 0.845. The Bertz CT molecular complexity index is 612. The first-order valence-electron chi connectivity index (χ1n) is 8.04. The van der Waals surface area contributed by atoms with Gasteiger partial charge in [0.1, 0.15) is 4.90 Å². The van der Waals surface area contributed by atoms with Crippen LogP contribution in [0, 0.1) is 5.92 Å². The highest BCUT2D eigenvalue weighted by atomic mass is 32.2. The molecule has 1 aromatic rings. The van der Waals surface area contributed by atoms with Crippen LogP contribution in [-0.2, 0) is 10.0 Å². The summed E-state index contributed by atoms with van der Waals surface area (Å²) in [6.07, 6.45) is 2.29. The Morgan fingerprint density at radius 2 is 2.00 bits per heavy atom. The van der Waals surface area contributed by atoms with Crippen LogP contribution in [0.4, 0.5) is 11.4 Å². The van der Waals surface area contributed by atoms with E-state index in [0.717, 1.165) is 25.2 Å². The van der Waals surface area contributed by atoms with Gasteiger partial charge in [-0.1, -0.05) is 20.8 Å². The number of hydrogen-bond acceptors (Lipinski definition) is 4. The summed E-state index contributed by atoms with van der Waals surface area (Å²) in [5.74, 6) is 0.579. The molecule has 1 fully saturated rings. The molecule has 0 aromatic heterocycles. The van der Waals surface area contributed by atoms with Crippen molar-refractivity contribution >= 4 is 21.4 Å². The first-order chi connectivity index (χ1) is 10.4. The lowest BCUT2D eigenvalue weighted by Crippen LogP contribution is -2.37. The summed E-state index contributed by atoms with van der Waals surface area (Å²) >= 11 is 0. The fraction of sp³-hybridized carbons (Fsp3) is 0.625. The van der Waals surface area contributed by atoms with Crippen molar-refractivity contribution in [2.24, 2.45) is 5.92 Å². The van der Waals surface area contributed by atoms with Gasteiger partial charge in [-0.15, -0.1) is 0 Å². The largest absolute Gasteiger partial charge is 0.399 e. The molecule has 0 amide bonds. The summed E-state index contributed by atoms with van der Waals surface area (Å²) in [7, 11) is -3.51. The minimum Gasteiger partial charge on any atom is -0.399 e. The second-order valence-electron chi connectivity index (χ2n) is 6.01. The molecule has 2 rings (SSSR count). The van der Waals surface area contributed by atoms with Crippen molar-refractivity contribution in [3.05, 3.63) is 18.2 Å². The monoisotopic (exact) mass is 325 g/mol. The number of nitrogen functional groups attached to an aromatic ring is 1. The summed E-state index contributed by atoms with van der Waals surface area (Å²) < 4.78 is 27.4. The van der Waals surface area contributed by atoms with Gasteiger partial charge in [-0.25, -0.2) is 8.42 Å². The Kier molecular flexibility index (Phi) is 5.34. The first kappa shape index (κ1) is 17.1. The molecule has 6 heteroatoms. The lowest BCUT2D eigenvalue weighted by molar-refractivity contribution is 0.437. The van der Waals surface area contributed by atoms with Crippen LogP contribution in [0.3, 0.4) is 0 Å². The van der Waals surface area contributed by atoms with E-state index in [-0.39, 0.29) is 0 Å². The van der Waals surface area contributed by atoms with Gasteiger partial charge >= 0.3 is 0 Å². The summed E-state index contributed by atoms with van der Waals surface area (Å²) in [6, 6.07) is 5.24. The number of nitrogens with zero attached hydrogens (tertiary/aromatic N) is 2. The first-order valence-corrected chi connectivity index (χ1v) is 9.48. The van der Waals surface area contributed by atoms with Crippen molar-refractivity contribution in [2.45, 2.75) is 38.5 Å². The van der Waals surface area contributed by atoms with Gasteiger partial charge in [0.05, 0.1) is 5.69 Å². The van der Waals surface area contributed by atoms with E-state index in [1.807, 2.05) is 19.9 Å². The molecule has 0 spiro atoms. The molecule has 1 aliphatic rings. The Hall–Kier alpha value is -1.27. The normalized spacial score (nSPS) is 19.6. The predicted octanol–water partition coefficient (Wildman–Crippen LogP) is 2.54. The highest BCUT2D eigenvalue weighted by Gasteiger charge is 2.28. The standard InChI is InChI=1S/C16H27N3O2S/c1-4-19(5-2)22(20,21)16-11-14(17)8-9-15(16)18-10-6-7-13(3)12-18/h8-9,11,13H,4-7,10,12,17H2,1-3H3. The van der Waals surface area contributed by atoms with Crippen LogP contribution in [0.15, 0.2) is 23.1 Å². The molecule has 2 N–H and O–H groups in total. The average Bonchev–Trinajstić information content (AvgIpc) is 2.48. The van der Waals surface area contributed by atoms with Gasteiger partial charge in [-0.3, -0.25) is 0 Å². The second kappa shape index (κ2) is 6.87. The third-order valence-corrected chi connectivity index (χ3v) is 6.38. The molecule has 1 atom stereocenters. The van der Waals surface area contributed by atoms with E-state index in [2.05, 4.69) is 11.8 Å². The molecule has 0 aliphatic carbocycles. The topological polar surface area (TPSA) is 66.6 Å². The Morgan fingerprint density at radius 1 is 1.32 bits per heavy atom. The summed E-state index contributed by atoms with van der Waals surface area (Å²) in [4.78, 5) is 2.52. The number of rotatable bonds is 5. The summed E-state index contributed by atoms with van der Waals surface area (Å²) in [5, 5.41) is 0. The third kappa shape index (κ3) is 3.38. The maximum atomic E-state index is 12.9. The molecular formula is C16H27N3O2S. The van der Waals surface area contributed by atoms with Crippen molar-refractivity contribution in [2.75, 3.05) is 36.8 Å². The van der Waals surface area contributed by atoms with Crippen LogP contribution in [0.1, 0.15) is 33.6 Å². The average molecular weight is 325 g/mol. The Labute approximate surface area is 134 Å². The zero-order chi connectivity index (χ0) is 16.3. The van der Waals surface area contributed by atoms with Crippen molar-refractivity contribution in [1.82, 2.24) is 4.31 Å². The van der Waals surface area contributed by atoms with Crippen molar-refractivity contribution in [3.8, 4) is 0 Å². The number of benzene rings is 1. The number of piperidine rings is 1. The molecule has 1 aromatic carbocycles. The highest BCUT2D eigenvalue weighted by molar-refractivity contribution is 7.89. The van der Waals surface area contributed by atoms with Crippen LogP contribution in [-0.4, -0.2) is 38.9 Å². The van der Waals surface area contributed by atoms with Crippen LogP contribution >= 0.6 is 0 Å². The minimum absolute atomic E-state index is 0.338. The maximum Gasteiger partial charge on any atom is 0.245 e. The van der Waals surface area contributed by atoms with Crippen LogP contribution in [0.25, 0.3) is 0 Å². The molecule has 0 saturated carbocycles. The Balaban J connectivity index is 2.48. The van der Waals surface area contributed by atoms with Crippen LogP contribution in [0.5, 0.6) is 0 Å². The van der Waals surface area contributed by atoms with Crippen molar-refractivity contribution in [3.63, 3.8) is 0 Å². The van der Waals surface area contributed by atoms with E-state index in [9.17, 15) is 8.42 Å². The molecule has 0 bridgehead atoms. The molecule has 1 heterocycles. The van der Waals surface area contributed by atoms with Crippen molar-refractivity contribution in [1.29, 1.82) is 0 Å². The van der Waals surface area contributed by atoms with Gasteiger partial charge in [0.15, 0.2) is 0 Å². The molecule has 22 heavy (non-hydrogen) atoms. The van der Waals surface area contributed by atoms with E-state index in [1.165, 1.54) is 10.7 Å². The number of nitrogens with two attached hydrogens (primary N) is 1. The molecular weight excluding hydrogens is 298 g/mol. The highest BCUT2D eigenvalue weighted by Crippen LogP contribution is 2.32. The smallest absolute Gasteiger partial charge is 0.245 e. The fourth-order valence-corrected chi connectivity index (χ4v) is 4.81. The molecule has 124 valence electrons. The minimum atomic E-state index is -3.51. The molecule has 1 saturated heterocycles. The van der Waals surface area contributed by atoms with Gasteiger partial charge in [0, 0.05) is 31.9 Å². The lowest BCUT2D eigenvalue weighted by Gasteiger charge is -2.34.